The number of rotatable bonds is 3. The second-order valence-corrected chi connectivity index (χ2v) is 3.55. The Labute approximate surface area is 83.7 Å². The van der Waals surface area contributed by atoms with Crippen LogP contribution in [0.25, 0.3) is 0 Å². The van der Waals surface area contributed by atoms with Crippen molar-refractivity contribution >= 4 is 5.82 Å². The molecule has 76 valence electrons. The van der Waals surface area contributed by atoms with E-state index in [0.717, 1.165) is 18.7 Å². The molecule has 0 bridgehead atoms. The Morgan fingerprint density at radius 1 is 1.50 bits per heavy atom. The standard InChI is InChI=1S/C10H15N3O/c1-14-9-4-2-3-8(9)13-10-5-6-11-7-12-10/h5-9H,2-4H2,1H3,(H,11,12,13). The fourth-order valence-corrected chi connectivity index (χ4v) is 1.94. The molecule has 4 heteroatoms. The second-order valence-electron chi connectivity index (χ2n) is 3.55. The van der Waals surface area contributed by atoms with Gasteiger partial charge < -0.3 is 10.1 Å². The summed E-state index contributed by atoms with van der Waals surface area (Å²) in [6.45, 7) is 0. The maximum absolute atomic E-state index is 5.39. The van der Waals surface area contributed by atoms with Crippen LogP contribution in [-0.2, 0) is 4.74 Å². The van der Waals surface area contributed by atoms with Crippen molar-refractivity contribution in [3.8, 4) is 0 Å². The molecule has 2 unspecified atom stereocenters. The normalized spacial score (nSPS) is 26.4. The highest BCUT2D eigenvalue weighted by Gasteiger charge is 2.26. The van der Waals surface area contributed by atoms with Gasteiger partial charge in [0.25, 0.3) is 0 Å². The summed E-state index contributed by atoms with van der Waals surface area (Å²) >= 11 is 0. The van der Waals surface area contributed by atoms with Gasteiger partial charge in [-0.3, -0.25) is 0 Å². The van der Waals surface area contributed by atoms with E-state index in [-0.39, 0.29) is 0 Å². The van der Waals surface area contributed by atoms with Gasteiger partial charge in [0.15, 0.2) is 0 Å². The van der Waals surface area contributed by atoms with Crippen LogP contribution >= 0.6 is 0 Å². The van der Waals surface area contributed by atoms with Crippen LogP contribution in [-0.4, -0.2) is 29.2 Å². The van der Waals surface area contributed by atoms with Crippen LogP contribution < -0.4 is 5.32 Å². The second kappa shape index (κ2) is 4.37. The van der Waals surface area contributed by atoms with E-state index in [1.54, 1.807) is 19.6 Å². The van der Waals surface area contributed by atoms with E-state index in [2.05, 4.69) is 15.3 Å². The molecule has 1 aliphatic carbocycles. The molecule has 0 amide bonds. The van der Waals surface area contributed by atoms with Crippen molar-refractivity contribution in [1.82, 2.24) is 9.97 Å². The van der Waals surface area contributed by atoms with Crippen LogP contribution in [0.4, 0.5) is 5.82 Å². The summed E-state index contributed by atoms with van der Waals surface area (Å²) in [5, 5.41) is 3.37. The molecule has 0 spiro atoms. The Bertz CT molecular complexity index is 278. The maximum atomic E-state index is 5.39. The monoisotopic (exact) mass is 193 g/mol. The molecule has 1 aromatic rings. The molecule has 1 heterocycles. The van der Waals surface area contributed by atoms with Crippen molar-refractivity contribution in [1.29, 1.82) is 0 Å². The summed E-state index contributed by atoms with van der Waals surface area (Å²) in [4.78, 5) is 8.01. The van der Waals surface area contributed by atoms with Gasteiger partial charge in [0.1, 0.15) is 12.1 Å². The SMILES string of the molecule is COC1CCCC1Nc1ccncn1. The number of aromatic nitrogens is 2. The van der Waals surface area contributed by atoms with E-state index in [1.165, 1.54) is 6.42 Å². The first-order chi connectivity index (χ1) is 6.90. The molecule has 1 N–H and O–H groups in total. The molecule has 1 saturated carbocycles. The molecule has 0 radical (unpaired) electrons. The first-order valence-electron chi connectivity index (χ1n) is 4.95. The van der Waals surface area contributed by atoms with Crippen LogP contribution in [0, 0.1) is 0 Å². The highest BCUT2D eigenvalue weighted by molar-refractivity contribution is 5.33. The molecule has 0 aliphatic heterocycles. The van der Waals surface area contributed by atoms with Crippen LogP contribution in [0.5, 0.6) is 0 Å². The maximum Gasteiger partial charge on any atom is 0.129 e. The first-order valence-corrected chi connectivity index (χ1v) is 4.95. The van der Waals surface area contributed by atoms with Crippen LogP contribution in [0.1, 0.15) is 19.3 Å². The highest BCUT2D eigenvalue weighted by atomic mass is 16.5. The predicted molar refractivity (Wildman–Crippen MR) is 54.1 cm³/mol. The van der Waals surface area contributed by atoms with Gasteiger partial charge >= 0.3 is 0 Å². The molecular weight excluding hydrogens is 178 g/mol. The zero-order valence-electron chi connectivity index (χ0n) is 8.31. The molecule has 1 fully saturated rings. The average Bonchev–Trinajstić information content (AvgIpc) is 2.67. The van der Waals surface area contributed by atoms with Gasteiger partial charge in [0.05, 0.1) is 12.1 Å². The third-order valence-electron chi connectivity index (χ3n) is 2.67. The largest absolute Gasteiger partial charge is 0.379 e. The number of anilines is 1. The van der Waals surface area contributed by atoms with Crippen molar-refractivity contribution in [2.45, 2.75) is 31.4 Å². The van der Waals surface area contributed by atoms with Gasteiger partial charge in [0.2, 0.25) is 0 Å². The minimum Gasteiger partial charge on any atom is -0.379 e. The summed E-state index contributed by atoms with van der Waals surface area (Å²) in [5.41, 5.74) is 0. The minimum absolute atomic E-state index is 0.324. The van der Waals surface area contributed by atoms with E-state index < -0.39 is 0 Å². The zero-order valence-corrected chi connectivity index (χ0v) is 8.31. The number of hydrogen-bond acceptors (Lipinski definition) is 4. The quantitative estimate of drug-likeness (QED) is 0.789. The summed E-state index contributed by atoms with van der Waals surface area (Å²) < 4.78 is 5.39. The van der Waals surface area contributed by atoms with Crippen molar-refractivity contribution in [2.24, 2.45) is 0 Å². The summed E-state index contributed by atoms with van der Waals surface area (Å²) in [5.74, 6) is 0.883. The van der Waals surface area contributed by atoms with Gasteiger partial charge in [-0.25, -0.2) is 9.97 Å². The van der Waals surface area contributed by atoms with Crippen LogP contribution in [0.2, 0.25) is 0 Å². The van der Waals surface area contributed by atoms with Crippen molar-refractivity contribution in [2.75, 3.05) is 12.4 Å². The van der Waals surface area contributed by atoms with Crippen LogP contribution in [0.3, 0.4) is 0 Å². The smallest absolute Gasteiger partial charge is 0.129 e. The van der Waals surface area contributed by atoms with E-state index in [0.29, 0.717) is 12.1 Å². The van der Waals surface area contributed by atoms with Gasteiger partial charge in [0, 0.05) is 13.3 Å². The number of nitrogens with one attached hydrogen (secondary N) is 1. The van der Waals surface area contributed by atoms with Gasteiger partial charge in [-0.05, 0) is 25.3 Å². The lowest BCUT2D eigenvalue weighted by atomic mass is 10.2. The molecule has 1 aromatic heterocycles. The Morgan fingerprint density at radius 2 is 2.43 bits per heavy atom. The lowest BCUT2D eigenvalue weighted by Crippen LogP contribution is -2.30. The molecule has 2 atom stereocenters. The van der Waals surface area contributed by atoms with Crippen molar-refractivity contribution < 1.29 is 4.74 Å². The number of hydrogen-bond donors (Lipinski definition) is 1. The van der Waals surface area contributed by atoms with Crippen molar-refractivity contribution in [3.63, 3.8) is 0 Å². The van der Waals surface area contributed by atoms with E-state index in [1.807, 2.05) is 6.07 Å². The summed E-state index contributed by atoms with van der Waals surface area (Å²) in [6.07, 6.45) is 7.14. The third-order valence-corrected chi connectivity index (χ3v) is 2.67. The highest BCUT2D eigenvalue weighted by Crippen LogP contribution is 2.23. The fourth-order valence-electron chi connectivity index (χ4n) is 1.94. The number of methoxy groups -OCH3 is 1. The molecule has 14 heavy (non-hydrogen) atoms. The molecular formula is C10H15N3O. The fraction of sp³-hybridized carbons (Fsp3) is 0.600. The van der Waals surface area contributed by atoms with Gasteiger partial charge in [-0.2, -0.15) is 0 Å². The Balaban J connectivity index is 1.97. The summed E-state index contributed by atoms with van der Waals surface area (Å²) in [7, 11) is 1.77. The molecule has 1 aliphatic rings. The van der Waals surface area contributed by atoms with Crippen molar-refractivity contribution in [3.05, 3.63) is 18.6 Å². The Morgan fingerprint density at radius 3 is 3.14 bits per heavy atom. The minimum atomic E-state index is 0.324. The number of ether oxygens (including phenoxy) is 1. The Hall–Kier alpha value is -1.16. The summed E-state index contributed by atoms with van der Waals surface area (Å²) in [6, 6.07) is 2.28. The first kappa shape index (κ1) is 9.40. The van der Waals surface area contributed by atoms with E-state index in [4.69, 9.17) is 4.74 Å². The topological polar surface area (TPSA) is 47.0 Å². The zero-order chi connectivity index (χ0) is 9.80. The third kappa shape index (κ3) is 2.01. The lowest BCUT2D eigenvalue weighted by molar-refractivity contribution is 0.101. The molecule has 0 aromatic carbocycles. The molecule has 4 nitrogen and oxygen atoms in total. The Kier molecular flexibility index (Phi) is 2.93. The average molecular weight is 193 g/mol. The van der Waals surface area contributed by atoms with Crippen LogP contribution in [0.15, 0.2) is 18.6 Å². The van der Waals surface area contributed by atoms with E-state index >= 15 is 0 Å². The molecule has 0 saturated heterocycles. The molecule has 2 rings (SSSR count). The predicted octanol–water partition coefficient (Wildman–Crippen LogP) is 1.46. The lowest BCUT2D eigenvalue weighted by Gasteiger charge is -2.19. The van der Waals surface area contributed by atoms with Gasteiger partial charge in [-0.1, -0.05) is 0 Å². The number of nitrogens with zero attached hydrogens (tertiary/aromatic N) is 2. The van der Waals surface area contributed by atoms with Gasteiger partial charge in [-0.15, -0.1) is 0 Å². The van der Waals surface area contributed by atoms with E-state index in [9.17, 15) is 0 Å².